The van der Waals surface area contributed by atoms with Crippen LogP contribution in [-0.4, -0.2) is 0 Å². The van der Waals surface area contributed by atoms with Crippen molar-refractivity contribution in [2.24, 2.45) is 23.2 Å². The minimum atomic E-state index is 0.442. The van der Waals surface area contributed by atoms with Crippen LogP contribution in [0.15, 0.2) is 180 Å². The Morgan fingerprint density at radius 1 is 0.418 bits per heavy atom. The zero-order valence-electron chi connectivity index (χ0n) is 30.8. The Morgan fingerprint density at radius 3 is 1.36 bits per heavy atom. The molecule has 3 heteroatoms. The molecule has 0 amide bonds. The first-order valence-electron chi connectivity index (χ1n) is 20.1. The van der Waals surface area contributed by atoms with Gasteiger partial charge >= 0.3 is 0 Å². The zero-order valence-corrected chi connectivity index (χ0v) is 30.8. The number of para-hydroxylation sites is 2. The predicted molar refractivity (Wildman–Crippen MR) is 226 cm³/mol. The lowest BCUT2D eigenvalue weighted by Crippen LogP contribution is -2.70. The van der Waals surface area contributed by atoms with E-state index in [2.05, 4.69) is 186 Å². The molecule has 4 fully saturated rings. The van der Waals surface area contributed by atoms with Gasteiger partial charge in [0, 0.05) is 62.4 Å². The van der Waals surface area contributed by atoms with E-state index in [1.54, 1.807) is 5.56 Å². The van der Waals surface area contributed by atoms with Crippen LogP contribution >= 0.6 is 0 Å². The number of benzene rings is 7. The fourth-order valence-corrected chi connectivity index (χ4v) is 12.1. The molecule has 2 atom stereocenters. The van der Waals surface area contributed by atoms with Crippen LogP contribution in [0.4, 0.5) is 34.1 Å². The van der Waals surface area contributed by atoms with Crippen molar-refractivity contribution in [2.75, 3.05) is 9.80 Å². The van der Waals surface area contributed by atoms with Gasteiger partial charge in [0.05, 0.1) is 0 Å². The van der Waals surface area contributed by atoms with Crippen LogP contribution in [0.1, 0.15) is 37.7 Å². The van der Waals surface area contributed by atoms with Crippen molar-refractivity contribution in [3.05, 3.63) is 181 Å². The summed E-state index contributed by atoms with van der Waals surface area (Å²) in [6, 6.07) is 63.7. The van der Waals surface area contributed by atoms with Crippen molar-refractivity contribution in [1.29, 1.82) is 0 Å². The molecular weight excluding hydrogens is 669 g/mol. The SMILES string of the molecule is c1ccc(-c2ccc(N(c3ccccc3)c3ccc4c(c3)oc3cc(N(c5ccccc5)c5ccc(C67CC8CC9CC(C6)C87C9)cc5)ccc34)cc2)cc1. The van der Waals surface area contributed by atoms with Crippen molar-refractivity contribution in [2.45, 2.75) is 37.5 Å². The molecule has 1 heterocycles. The van der Waals surface area contributed by atoms with Gasteiger partial charge in [0.15, 0.2) is 0 Å². The molecule has 3 nitrogen and oxygen atoms in total. The van der Waals surface area contributed by atoms with Gasteiger partial charge in [-0.25, -0.2) is 0 Å². The van der Waals surface area contributed by atoms with Crippen LogP contribution in [-0.2, 0) is 5.41 Å². The zero-order chi connectivity index (χ0) is 36.1. The van der Waals surface area contributed by atoms with Crippen molar-refractivity contribution in [3.63, 3.8) is 0 Å². The molecule has 1 aromatic heterocycles. The molecule has 2 bridgehead atoms. The molecule has 2 unspecified atom stereocenters. The molecule has 4 aliphatic rings. The van der Waals surface area contributed by atoms with Gasteiger partial charge in [-0.05, 0) is 145 Å². The van der Waals surface area contributed by atoms with E-state index >= 15 is 0 Å². The third-order valence-electron chi connectivity index (χ3n) is 14.3. The second-order valence-electron chi connectivity index (χ2n) is 16.7. The van der Waals surface area contributed by atoms with Crippen LogP contribution in [0.2, 0.25) is 0 Å². The minimum absolute atomic E-state index is 0.442. The van der Waals surface area contributed by atoms with Crippen molar-refractivity contribution < 1.29 is 4.42 Å². The second kappa shape index (κ2) is 11.7. The fourth-order valence-electron chi connectivity index (χ4n) is 12.1. The average molecular weight is 711 g/mol. The van der Waals surface area contributed by atoms with Gasteiger partial charge in [-0.2, -0.15) is 0 Å². The molecule has 4 saturated carbocycles. The minimum Gasteiger partial charge on any atom is -0.456 e. The summed E-state index contributed by atoms with van der Waals surface area (Å²) in [6.45, 7) is 0. The summed E-state index contributed by atoms with van der Waals surface area (Å²) in [5, 5.41) is 2.24. The topological polar surface area (TPSA) is 19.6 Å². The van der Waals surface area contributed by atoms with Gasteiger partial charge in [-0.1, -0.05) is 91.0 Å². The monoisotopic (exact) mass is 710 g/mol. The van der Waals surface area contributed by atoms with Crippen LogP contribution in [0.25, 0.3) is 33.1 Å². The maximum atomic E-state index is 6.76. The molecule has 266 valence electrons. The molecule has 1 spiro atoms. The van der Waals surface area contributed by atoms with Gasteiger partial charge in [0.2, 0.25) is 0 Å². The summed E-state index contributed by atoms with van der Waals surface area (Å²) in [6.07, 6.45) is 7.31. The fraction of sp³-hybridized carbons (Fsp3) is 0.192. The van der Waals surface area contributed by atoms with E-state index in [9.17, 15) is 0 Å². The van der Waals surface area contributed by atoms with Gasteiger partial charge < -0.3 is 14.2 Å². The van der Waals surface area contributed by atoms with Crippen molar-refractivity contribution >= 4 is 56.1 Å². The summed E-state index contributed by atoms with van der Waals surface area (Å²) >= 11 is 0. The number of furan rings is 1. The maximum Gasteiger partial charge on any atom is 0.137 e. The lowest BCUT2D eigenvalue weighted by Gasteiger charge is -2.75. The highest BCUT2D eigenvalue weighted by molar-refractivity contribution is 6.07. The highest BCUT2D eigenvalue weighted by atomic mass is 16.3. The second-order valence-corrected chi connectivity index (χ2v) is 16.7. The van der Waals surface area contributed by atoms with Crippen LogP contribution in [0.5, 0.6) is 0 Å². The summed E-state index contributed by atoms with van der Waals surface area (Å²) in [4.78, 5) is 4.68. The van der Waals surface area contributed by atoms with Crippen LogP contribution < -0.4 is 9.80 Å². The molecule has 55 heavy (non-hydrogen) atoms. The maximum absolute atomic E-state index is 6.76. The molecule has 7 aromatic carbocycles. The molecule has 0 N–H and O–H groups in total. The summed E-state index contributed by atoms with van der Waals surface area (Å²) < 4.78 is 6.76. The quantitative estimate of drug-likeness (QED) is 0.157. The Morgan fingerprint density at radius 2 is 0.855 bits per heavy atom. The molecule has 0 saturated heterocycles. The Labute approximate surface area is 322 Å². The Kier molecular flexibility index (Phi) is 6.67. The summed E-state index contributed by atoms with van der Waals surface area (Å²) in [7, 11) is 0. The van der Waals surface area contributed by atoms with E-state index in [4.69, 9.17) is 4.42 Å². The first kappa shape index (κ1) is 31.3. The lowest BCUT2D eigenvalue weighted by molar-refractivity contribution is -0.205. The first-order chi connectivity index (χ1) is 27.2. The first-order valence-corrected chi connectivity index (χ1v) is 20.1. The molecular formula is C52H42N2O. The number of hydrogen-bond acceptors (Lipinski definition) is 3. The summed E-state index contributed by atoms with van der Waals surface area (Å²) in [5.41, 5.74) is 13.5. The van der Waals surface area contributed by atoms with E-state index in [1.807, 2.05) is 0 Å². The van der Waals surface area contributed by atoms with Crippen molar-refractivity contribution in [1.82, 2.24) is 0 Å². The van der Waals surface area contributed by atoms with Crippen molar-refractivity contribution in [3.8, 4) is 11.1 Å². The summed E-state index contributed by atoms with van der Waals surface area (Å²) in [5.74, 6) is 2.99. The Bertz CT molecular complexity index is 2680. The van der Waals surface area contributed by atoms with E-state index in [1.165, 1.54) is 48.9 Å². The molecule has 12 rings (SSSR count). The lowest BCUT2D eigenvalue weighted by atomic mass is 9.29. The Balaban J connectivity index is 0.906. The number of hydrogen-bond donors (Lipinski definition) is 0. The predicted octanol–water partition coefficient (Wildman–Crippen LogP) is 14.3. The molecule has 4 aliphatic carbocycles. The highest BCUT2D eigenvalue weighted by Crippen LogP contribution is 2.86. The molecule has 0 aliphatic heterocycles. The molecule has 8 aromatic rings. The van der Waals surface area contributed by atoms with E-state index < -0.39 is 0 Å². The van der Waals surface area contributed by atoms with E-state index in [-0.39, 0.29) is 0 Å². The number of fused-ring (bicyclic) bond motifs is 4. The third kappa shape index (κ3) is 4.50. The number of rotatable bonds is 8. The highest BCUT2D eigenvalue weighted by Gasteiger charge is 2.81. The largest absolute Gasteiger partial charge is 0.456 e. The smallest absolute Gasteiger partial charge is 0.137 e. The normalized spacial score (nSPS) is 24.3. The van der Waals surface area contributed by atoms with Gasteiger partial charge in [0.1, 0.15) is 11.2 Å². The van der Waals surface area contributed by atoms with Gasteiger partial charge in [-0.3, -0.25) is 0 Å². The molecule has 0 radical (unpaired) electrons. The van der Waals surface area contributed by atoms with Gasteiger partial charge in [-0.15, -0.1) is 0 Å². The number of anilines is 6. The van der Waals surface area contributed by atoms with Gasteiger partial charge in [0.25, 0.3) is 0 Å². The number of nitrogens with zero attached hydrogens (tertiary/aromatic N) is 2. The average Bonchev–Trinajstić information content (AvgIpc) is 3.90. The van der Waals surface area contributed by atoms with Crippen LogP contribution in [0, 0.1) is 23.2 Å². The van der Waals surface area contributed by atoms with E-state index in [0.29, 0.717) is 10.8 Å². The third-order valence-corrected chi connectivity index (χ3v) is 14.3. The van der Waals surface area contributed by atoms with E-state index in [0.717, 1.165) is 68.1 Å². The Hall–Kier alpha value is -6.06. The van der Waals surface area contributed by atoms with Crippen LogP contribution in [0.3, 0.4) is 0 Å². The standard InChI is InChI=1S/C52H42N2O/c1-4-10-36(11-5-1)37-16-20-43(21-17-37)53(41-12-6-2-7-13-41)45-24-26-47-48-27-25-46(31-50(48)55-49(47)30-45)54(42-14-8-3-9-15-42)44-22-18-38(19-23-44)51-33-39-28-35-29-40(34-51)52(39,51)32-35/h1-27,30-31,35,39-40H,28-29,32-34H2.